The van der Waals surface area contributed by atoms with Gasteiger partial charge in [-0.3, -0.25) is 13.9 Å². The van der Waals surface area contributed by atoms with E-state index in [9.17, 15) is 9.59 Å². The molecule has 4 heterocycles. The number of anilines is 1. The number of aromatic nitrogens is 5. The van der Waals surface area contributed by atoms with E-state index in [2.05, 4.69) is 23.7 Å². The van der Waals surface area contributed by atoms with Gasteiger partial charge in [-0.15, -0.1) is 0 Å². The third kappa shape index (κ3) is 3.86. The molecule has 9 nitrogen and oxygen atoms in total. The fourth-order valence-electron chi connectivity index (χ4n) is 4.85. The highest BCUT2D eigenvalue weighted by atomic mass is 32.2. The average Bonchev–Trinajstić information content (AvgIpc) is 3.37. The fraction of sp³-hybridized carbons (Fsp3) is 0.478. The van der Waals surface area contributed by atoms with Crippen molar-refractivity contribution in [3.05, 3.63) is 45.1 Å². The van der Waals surface area contributed by atoms with E-state index in [1.165, 1.54) is 29.8 Å². The molecule has 33 heavy (non-hydrogen) atoms. The molecule has 0 amide bonds. The highest BCUT2D eigenvalue weighted by Crippen LogP contribution is 2.29. The summed E-state index contributed by atoms with van der Waals surface area (Å²) in [4.78, 5) is 37.3. The molecule has 5 rings (SSSR count). The molecule has 3 aromatic heterocycles. The van der Waals surface area contributed by atoms with Gasteiger partial charge in [-0.25, -0.2) is 9.78 Å². The van der Waals surface area contributed by atoms with Crippen molar-refractivity contribution in [1.82, 2.24) is 23.7 Å². The zero-order valence-corrected chi connectivity index (χ0v) is 20.1. The summed E-state index contributed by atoms with van der Waals surface area (Å²) < 4.78 is 10.4. The van der Waals surface area contributed by atoms with Crippen LogP contribution in [0.5, 0.6) is 0 Å². The van der Waals surface area contributed by atoms with Crippen LogP contribution in [0.2, 0.25) is 0 Å². The van der Waals surface area contributed by atoms with E-state index in [1.807, 2.05) is 28.8 Å². The number of fused-ring (bicyclic) bond motifs is 2. The van der Waals surface area contributed by atoms with E-state index >= 15 is 0 Å². The van der Waals surface area contributed by atoms with E-state index in [0.29, 0.717) is 40.5 Å². The molecule has 0 radical (unpaired) electrons. The van der Waals surface area contributed by atoms with Crippen molar-refractivity contribution < 1.29 is 4.42 Å². The number of hydrogen-bond acceptors (Lipinski definition) is 7. The summed E-state index contributed by atoms with van der Waals surface area (Å²) in [6.07, 6.45) is 1.17. The molecule has 0 spiro atoms. The lowest BCUT2D eigenvalue weighted by Crippen LogP contribution is -2.40. The number of hydrogen-bond donors (Lipinski definition) is 0. The first kappa shape index (κ1) is 21.8. The summed E-state index contributed by atoms with van der Waals surface area (Å²) >= 11 is 1.50. The Morgan fingerprint density at radius 2 is 1.79 bits per heavy atom. The van der Waals surface area contributed by atoms with Crippen LogP contribution in [-0.2, 0) is 20.6 Å². The number of oxazole rings is 1. The quantitative estimate of drug-likeness (QED) is 0.416. The largest absolute Gasteiger partial charge is 0.431 e. The Labute approximate surface area is 195 Å². The van der Waals surface area contributed by atoms with Crippen LogP contribution in [0.15, 0.2) is 43.5 Å². The van der Waals surface area contributed by atoms with Crippen LogP contribution < -0.4 is 16.1 Å². The van der Waals surface area contributed by atoms with Crippen LogP contribution in [0.1, 0.15) is 20.3 Å². The van der Waals surface area contributed by atoms with Crippen molar-refractivity contribution in [1.29, 1.82) is 0 Å². The van der Waals surface area contributed by atoms with Gasteiger partial charge in [0.05, 0.1) is 0 Å². The molecule has 2 atom stereocenters. The summed E-state index contributed by atoms with van der Waals surface area (Å²) in [7, 11) is 3.18. The number of rotatable bonds is 5. The molecular weight excluding hydrogens is 440 g/mol. The number of benzene rings is 1. The highest BCUT2D eigenvalue weighted by Gasteiger charge is 2.28. The highest BCUT2D eigenvalue weighted by molar-refractivity contribution is 7.99. The van der Waals surface area contributed by atoms with Gasteiger partial charge >= 0.3 is 5.69 Å². The molecule has 1 aromatic carbocycles. The second-order valence-corrected chi connectivity index (χ2v) is 10.1. The van der Waals surface area contributed by atoms with Crippen molar-refractivity contribution in [2.75, 3.05) is 23.7 Å². The minimum Gasteiger partial charge on any atom is -0.431 e. The number of para-hydroxylation sites is 2. The topological polar surface area (TPSA) is 91.1 Å². The SMILES string of the molecule is C[C@@H]1C[C@@H](C)CN(c2nc3c(c(=O)n(C)c(=O)n3C)n2CCSc2nc3ccccc3o2)C1. The van der Waals surface area contributed by atoms with Crippen LogP contribution in [0.4, 0.5) is 5.95 Å². The van der Waals surface area contributed by atoms with E-state index < -0.39 is 0 Å². The summed E-state index contributed by atoms with van der Waals surface area (Å²) in [5.74, 6) is 2.46. The van der Waals surface area contributed by atoms with Crippen molar-refractivity contribution in [3.8, 4) is 0 Å². The fourth-order valence-corrected chi connectivity index (χ4v) is 5.61. The van der Waals surface area contributed by atoms with Gasteiger partial charge in [-0.1, -0.05) is 37.7 Å². The molecule has 1 aliphatic rings. The zero-order chi connectivity index (χ0) is 23.3. The van der Waals surface area contributed by atoms with Crippen LogP contribution >= 0.6 is 11.8 Å². The lowest BCUT2D eigenvalue weighted by atomic mass is 9.92. The van der Waals surface area contributed by atoms with Gasteiger partial charge in [-0.2, -0.15) is 4.98 Å². The Morgan fingerprint density at radius 1 is 1.06 bits per heavy atom. The first-order valence-corrected chi connectivity index (χ1v) is 12.2. The normalized spacial score (nSPS) is 19.1. The number of aryl methyl sites for hydroxylation is 2. The monoisotopic (exact) mass is 468 g/mol. The summed E-state index contributed by atoms with van der Waals surface area (Å²) in [6.45, 7) is 6.78. The Kier molecular flexibility index (Phi) is 5.55. The molecule has 1 fully saturated rings. The number of piperidine rings is 1. The molecule has 1 saturated heterocycles. The maximum atomic E-state index is 13.1. The van der Waals surface area contributed by atoms with Crippen LogP contribution in [0, 0.1) is 11.8 Å². The number of thioether (sulfide) groups is 1. The number of imidazole rings is 1. The lowest BCUT2D eigenvalue weighted by molar-refractivity contribution is 0.352. The standard InChI is InChI=1S/C23H28N6O3S/c1-14-11-15(2)13-28(12-14)21-25-19-18(20(30)27(4)23(31)26(19)3)29(21)9-10-33-22-24-16-7-5-6-8-17(16)32-22/h5-8,14-15H,9-13H2,1-4H3/t14-,15-/m1/s1. The first-order chi connectivity index (χ1) is 15.8. The Morgan fingerprint density at radius 3 is 2.52 bits per heavy atom. The predicted octanol–water partition coefficient (Wildman–Crippen LogP) is 2.85. The molecule has 1 aliphatic heterocycles. The maximum absolute atomic E-state index is 13.1. The van der Waals surface area contributed by atoms with Gasteiger partial charge in [0.2, 0.25) is 5.95 Å². The Balaban J connectivity index is 1.53. The van der Waals surface area contributed by atoms with Crippen LogP contribution in [-0.4, -0.2) is 42.5 Å². The van der Waals surface area contributed by atoms with E-state index in [1.54, 1.807) is 7.05 Å². The second-order valence-electron chi connectivity index (χ2n) is 9.09. The van der Waals surface area contributed by atoms with E-state index in [-0.39, 0.29) is 11.2 Å². The smallest absolute Gasteiger partial charge is 0.332 e. The lowest BCUT2D eigenvalue weighted by Gasteiger charge is -2.35. The van der Waals surface area contributed by atoms with Gasteiger partial charge in [0.25, 0.3) is 10.8 Å². The van der Waals surface area contributed by atoms with Crippen molar-refractivity contribution >= 4 is 40.0 Å². The summed E-state index contributed by atoms with van der Waals surface area (Å²) in [5, 5.41) is 0.600. The number of nitrogens with zero attached hydrogens (tertiary/aromatic N) is 6. The third-order valence-electron chi connectivity index (χ3n) is 6.29. The molecule has 0 bridgehead atoms. The van der Waals surface area contributed by atoms with Gasteiger partial charge < -0.3 is 13.9 Å². The third-order valence-corrected chi connectivity index (χ3v) is 7.10. The Hall–Kier alpha value is -3.01. The minimum atomic E-state index is -0.370. The van der Waals surface area contributed by atoms with Crippen molar-refractivity contribution in [3.63, 3.8) is 0 Å². The summed E-state index contributed by atoms with van der Waals surface area (Å²) in [6, 6.07) is 7.68. The molecule has 0 N–H and O–H groups in total. The molecule has 10 heteroatoms. The molecule has 0 saturated carbocycles. The molecule has 0 aliphatic carbocycles. The van der Waals surface area contributed by atoms with Gasteiger partial charge in [0.15, 0.2) is 16.7 Å². The second kappa shape index (κ2) is 8.40. The maximum Gasteiger partial charge on any atom is 0.332 e. The van der Waals surface area contributed by atoms with Gasteiger partial charge in [-0.05, 0) is 30.4 Å². The summed E-state index contributed by atoms with van der Waals surface area (Å²) in [5.41, 5.74) is 1.78. The van der Waals surface area contributed by atoms with Crippen LogP contribution in [0.25, 0.3) is 22.3 Å². The molecular formula is C23H28N6O3S. The zero-order valence-electron chi connectivity index (χ0n) is 19.3. The molecule has 4 aromatic rings. The first-order valence-electron chi connectivity index (χ1n) is 11.2. The van der Waals surface area contributed by atoms with E-state index in [4.69, 9.17) is 9.40 Å². The van der Waals surface area contributed by atoms with Gasteiger partial charge in [0, 0.05) is 39.5 Å². The average molecular weight is 469 g/mol. The van der Waals surface area contributed by atoms with Crippen molar-refractivity contribution in [2.45, 2.75) is 32.0 Å². The predicted molar refractivity (Wildman–Crippen MR) is 130 cm³/mol. The van der Waals surface area contributed by atoms with Crippen molar-refractivity contribution in [2.24, 2.45) is 25.9 Å². The van der Waals surface area contributed by atoms with Gasteiger partial charge in [0.1, 0.15) is 5.52 Å². The molecule has 0 unspecified atom stereocenters. The Bertz CT molecular complexity index is 1410. The molecule has 174 valence electrons. The minimum absolute atomic E-state index is 0.322. The van der Waals surface area contributed by atoms with Crippen LogP contribution in [0.3, 0.4) is 0 Å². The van der Waals surface area contributed by atoms with E-state index in [0.717, 1.165) is 34.7 Å².